The highest BCUT2D eigenvalue weighted by molar-refractivity contribution is 7.98. The first-order chi connectivity index (χ1) is 9.72. The van der Waals surface area contributed by atoms with Gasteiger partial charge in [-0.3, -0.25) is 15.6 Å². The zero-order valence-corrected chi connectivity index (χ0v) is 12.8. The van der Waals surface area contributed by atoms with Crippen LogP contribution in [0.1, 0.15) is 30.1 Å². The number of rotatable bonds is 6. The maximum Gasteiger partial charge on any atom is 0.254 e. The van der Waals surface area contributed by atoms with Gasteiger partial charge in [0.15, 0.2) is 0 Å². The Labute approximate surface area is 124 Å². The summed E-state index contributed by atoms with van der Waals surface area (Å²) in [5, 5.41) is 3.76. The fraction of sp³-hybridized carbons (Fsp3) is 0.571. The van der Waals surface area contributed by atoms with Gasteiger partial charge in [-0.15, -0.1) is 11.8 Å². The quantitative estimate of drug-likeness (QED) is 0.547. The maximum absolute atomic E-state index is 12.1. The van der Waals surface area contributed by atoms with E-state index in [2.05, 4.69) is 28.1 Å². The van der Waals surface area contributed by atoms with Crippen molar-refractivity contribution in [2.45, 2.75) is 30.8 Å². The summed E-state index contributed by atoms with van der Waals surface area (Å²) in [6.45, 7) is 3.91. The Kier molecular flexibility index (Phi) is 5.82. The minimum atomic E-state index is -0.0295. The van der Waals surface area contributed by atoms with Gasteiger partial charge < -0.3 is 5.32 Å². The lowest BCUT2D eigenvalue weighted by atomic mass is 9.98. The SMILES string of the molecule is CSc1ncccc1C(=O)NCCCC1CNNC1C. The van der Waals surface area contributed by atoms with Gasteiger partial charge in [-0.2, -0.15) is 0 Å². The number of thioether (sulfide) groups is 1. The van der Waals surface area contributed by atoms with Gasteiger partial charge in [0.2, 0.25) is 0 Å². The average molecular weight is 294 g/mol. The van der Waals surface area contributed by atoms with Crippen LogP contribution in [0.5, 0.6) is 0 Å². The van der Waals surface area contributed by atoms with E-state index in [0.29, 0.717) is 24.1 Å². The van der Waals surface area contributed by atoms with E-state index in [-0.39, 0.29) is 5.91 Å². The molecule has 2 rings (SSSR count). The van der Waals surface area contributed by atoms with E-state index in [0.717, 1.165) is 24.4 Å². The molecule has 6 heteroatoms. The third-order valence-electron chi connectivity index (χ3n) is 3.65. The zero-order chi connectivity index (χ0) is 14.4. The molecule has 20 heavy (non-hydrogen) atoms. The molecule has 0 saturated carbocycles. The highest BCUT2D eigenvalue weighted by atomic mass is 32.2. The molecule has 0 spiro atoms. The summed E-state index contributed by atoms with van der Waals surface area (Å²) >= 11 is 1.50. The molecular weight excluding hydrogens is 272 g/mol. The van der Waals surface area contributed by atoms with Crippen molar-refractivity contribution in [3.8, 4) is 0 Å². The van der Waals surface area contributed by atoms with E-state index in [1.807, 2.05) is 12.3 Å². The van der Waals surface area contributed by atoms with Gasteiger partial charge in [0.05, 0.1) is 5.56 Å². The maximum atomic E-state index is 12.1. The second kappa shape index (κ2) is 7.61. The van der Waals surface area contributed by atoms with Crippen LogP contribution in [-0.4, -0.2) is 36.3 Å². The largest absolute Gasteiger partial charge is 0.352 e. The molecule has 0 radical (unpaired) electrons. The number of amides is 1. The number of hydrogen-bond donors (Lipinski definition) is 3. The number of aromatic nitrogens is 1. The Bertz CT molecular complexity index is 455. The van der Waals surface area contributed by atoms with Gasteiger partial charge in [-0.25, -0.2) is 4.98 Å². The molecule has 1 aliphatic heterocycles. The summed E-state index contributed by atoms with van der Waals surface area (Å²) in [6.07, 6.45) is 5.76. The third-order valence-corrected chi connectivity index (χ3v) is 4.36. The summed E-state index contributed by atoms with van der Waals surface area (Å²) in [5.74, 6) is 0.616. The molecule has 1 fully saturated rings. The average Bonchev–Trinajstić information content (AvgIpc) is 2.88. The normalized spacial score (nSPS) is 21.9. The number of pyridine rings is 1. The van der Waals surface area contributed by atoms with Crippen LogP contribution in [-0.2, 0) is 0 Å². The Morgan fingerprint density at radius 1 is 1.60 bits per heavy atom. The van der Waals surface area contributed by atoms with E-state index in [1.165, 1.54) is 11.8 Å². The van der Waals surface area contributed by atoms with Crippen LogP contribution in [0, 0.1) is 5.92 Å². The van der Waals surface area contributed by atoms with Gasteiger partial charge >= 0.3 is 0 Å². The smallest absolute Gasteiger partial charge is 0.254 e. The second-order valence-corrected chi connectivity index (χ2v) is 5.83. The van der Waals surface area contributed by atoms with Crippen LogP contribution < -0.4 is 16.2 Å². The predicted molar refractivity (Wildman–Crippen MR) is 81.7 cm³/mol. The van der Waals surface area contributed by atoms with Gasteiger partial charge in [0.1, 0.15) is 5.03 Å². The van der Waals surface area contributed by atoms with Crippen molar-refractivity contribution in [3.63, 3.8) is 0 Å². The molecule has 1 saturated heterocycles. The standard InChI is InChI=1S/C14H22N4OS/c1-10-11(9-17-18-10)5-3-7-15-13(19)12-6-4-8-16-14(12)20-2/h4,6,8,10-11,17-18H,3,5,7,9H2,1-2H3,(H,15,19). The monoisotopic (exact) mass is 294 g/mol. The van der Waals surface area contributed by atoms with Crippen molar-refractivity contribution in [2.75, 3.05) is 19.3 Å². The van der Waals surface area contributed by atoms with Crippen LogP contribution in [0.15, 0.2) is 23.4 Å². The van der Waals surface area contributed by atoms with Gasteiger partial charge in [-0.1, -0.05) is 0 Å². The summed E-state index contributed by atoms with van der Waals surface area (Å²) in [6, 6.07) is 4.12. The fourth-order valence-corrected chi connectivity index (χ4v) is 2.93. The van der Waals surface area contributed by atoms with E-state index in [9.17, 15) is 4.79 Å². The molecule has 1 aromatic heterocycles. The molecule has 1 aliphatic rings. The lowest BCUT2D eigenvalue weighted by molar-refractivity contribution is 0.0949. The molecule has 3 N–H and O–H groups in total. The highest BCUT2D eigenvalue weighted by Gasteiger charge is 2.21. The van der Waals surface area contributed by atoms with Crippen molar-refractivity contribution in [2.24, 2.45) is 5.92 Å². The minimum absolute atomic E-state index is 0.0295. The highest BCUT2D eigenvalue weighted by Crippen LogP contribution is 2.17. The van der Waals surface area contributed by atoms with Crippen LogP contribution in [0.4, 0.5) is 0 Å². The molecule has 2 unspecified atom stereocenters. The van der Waals surface area contributed by atoms with Crippen molar-refractivity contribution in [1.82, 2.24) is 21.2 Å². The lowest BCUT2D eigenvalue weighted by Crippen LogP contribution is -2.29. The van der Waals surface area contributed by atoms with Gasteiger partial charge in [0, 0.05) is 25.3 Å². The minimum Gasteiger partial charge on any atom is -0.352 e. The molecule has 1 amide bonds. The van der Waals surface area contributed by atoms with Crippen LogP contribution in [0.2, 0.25) is 0 Å². The Hall–Kier alpha value is -1.11. The number of nitrogens with zero attached hydrogens (tertiary/aromatic N) is 1. The molecule has 0 aliphatic carbocycles. The molecule has 5 nitrogen and oxygen atoms in total. The predicted octanol–water partition coefficient (Wildman–Crippen LogP) is 1.43. The zero-order valence-electron chi connectivity index (χ0n) is 12.0. The number of carbonyl (C=O) groups excluding carboxylic acids is 1. The molecule has 1 aromatic rings. The van der Waals surface area contributed by atoms with Crippen LogP contribution >= 0.6 is 11.8 Å². The first kappa shape index (κ1) is 15.3. The van der Waals surface area contributed by atoms with E-state index < -0.39 is 0 Å². The van der Waals surface area contributed by atoms with E-state index in [4.69, 9.17) is 0 Å². The first-order valence-electron chi connectivity index (χ1n) is 6.98. The van der Waals surface area contributed by atoms with Crippen LogP contribution in [0.3, 0.4) is 0 Å². The number of hydrazine groups is 1. The number of nitrogens with one attached hydrogen (secondary N) is 3. The summed E-state index contributed by atoms with van der Waals surface area (Å²) < 4.78 is 0. The molecule has 0 bridgehead atoms. The van der Waals surface area contributed by atoms with E-state index in [1.54, 1.807) is 12.3 Å². The van der Waals surface area contributed by atoms with Crippen molar-refractivity contribution < 1.29 is 4.79 Å². The number of hydrogen-bond acceptors (Lipinski definition) is 5. The summed E-state index contributed by atoms with van der Waals surface area (Å²) in [4.78, 5) is 16.3. The van der Waals surface area contributed by atoms with Crippen molar-refractivity contribution >= 4 is 17.7 Å². The molecular formula is C14H22N4OS. The molecule has 2 atom stereocenters. The topological polar surface area (TPSA) is 66.0 Å². The third kappa shape index (κ3) is 3.94. The second-order valence-electron chi connectivity index (χ2n) is 5.03. The Morgan fingerprint density at radius 2 is 2.45 bits per heavy atom. The summed E-state index contributed by atoms with van der Waals surface area (Å²) in [5.41, 5.74) is 7.04. The van der Waals surface area contributed by atoms with E-state index >= 15 is 0 Å². The molecule has 110 valence electrons. The van der Waals surface area contributed by atoms with Gasteiger partial charge in [-0.05, 0) is 44.1 Å². The lowest BCUT2D eigenvalue weighted by Gasteiger charge is -2.13. The van der Waals surface area contributed by atoms with Crippen LogP contribution in [0.25, 0.3) is 0 Å². The number of carbonyl (C=O) groups is 1. The Balaban J connectivity index is 1.75. The Morgan fingerprint density at radius 3 is 3.15 bits per heavy atom. The van der Waals surface area contributed by atoms with Crippen molar-refractivity contribution in [3.05, 3.63) is 23.9 Å². The van der Waals surface area contributed by atoms with Gasteiger partial charge in [0.25, 0.3) is 5.91 Å². The fourth-order valence-electron chi connectivity index (χ4n) is 2.39. The molecule has 2 heterocycles. The molecule has 0 aromatic carbocycles. The first-order valence-corrected chi connectivity index (χ1v) is 8.20. The van der Waals surface area contributed by atoms with Crippen molar-refractivity contribution in [1.29, 1.82) is 0 Å². The summed E-state index contributed by atoms with van der Waals surface area (Å²) in [7, 11) is 0.